The van der Waals surface area contributed by atoms with Gasteiger partial charge in [0, 0.05) is 0 Å². The Bertz CT molecular complexity index is 355. The van der Waals surface area contributed by atoms with E-state index in [4.69, 9.17) is 15.9 Å². The first-order chi connectivity index (χ1) is 6.86. The summed E-state index contributed by atoms with van der Waals surface area (Å²) in [6.07, 6.45) is 1.02. The van der Waals surface area contributed by atoms with Gasteiger partial charge >= 0.3 is 11.9 Å². The number of carboxylic acids is 2. The van der Waals surface area contributed by atoms with Crippen molar-refractivity contribution in [2.24, 2.45) is 5.73 Å². The Hall–Kier alpha value is -1.96. The van der Waals surface area contributed by atoms with Crippen molar-refractivity contribution >= 4 is 29.1 Å². The molecule has 0 fully saturated rings. The zero-order valence-corrected chi connectivity index (χ0v) is 8.54. The molecule has 0 aliphatic rings. The van der Waals surface area contributed by atoms with Gasteiger partial charge in [-0.2, -0.15) is 0 Å². The summed E-state index contributed by atoms with van der Waals surface area (Å²) in [6, 6.07) is 0. The highest BCUT2D eigenvalue weighted by Gasteiger charge is 2.17. The van der Waals surface area contributed by atoms with Gasteiger partial charge in [0.05, 0.1) is 11.3 Å². The Balaban J connectivity index is 0.000000423. The van der Waals surface area contributed by atoms with Crippen molar-refractivity contribution in [3.8, 4) is 0 Å². The first-order valence-corrected chi connectivity index (χ1v) is 4.03. The molecular weight excluding hydrogens is 222 g/mol. The van der Waals surface area contributed by atoms with Crippen LogP contribution in [0.1, 0.15) is 27.9 Å². The van der Waals surface area contributed by atoms with E-state index in [1.807, 2.05) is 0 Å². The van der Waals surface area contributed by atoms with Crippen molar-refractivity contribution < 1.29 is 19.8 Å². The number of aromatic carboxylic acids is 2. The number of carboxylic acid groups (broad SMARTS) is 2. The molecule has 1 rings (SSSR count). The van der Waals surface area contributed by atoms with Gasteiger partial charge in [-0.25, -0.2) is 14.6 Å². The molecule has 0 saturated carbocycles. The monoisotopic (exact) mass is 231 g/mol. The van der Waals surface area contributed by atoms with Crippen LogP contribution in [0.4, 0.5) is 0 Å². The van der Waals surface area contributed by atoms with Crippen LogP contribution >= 0.6 is 12.2 Å². The minimum Gasteiger partial charge on any atom is -0.477 e. The molecule has 0 radical (unpaired) electrons. The summed E-state index contributed by atoms with van der Waals surface area (Å²) in [5.74, 6) is -2.69. The SMILES string of the molecule is CC(N)=S.O=C(O)c1nc[nH]c1C(=O)O. The largest absolute Gasteiger partial charge is 0.477 e. The molecule has 0 aromatic carbocycles. The molecule has 5 N–H and O–H groups in total. The third-order valence-corrected chi connectivity index (χ3v) is 1.06. The van der Waals surface area contributed by atoms with Gasteiger partial charge in [0.15, 0.2) is 11.4 Å². The number of aromatic amines is 1. The van der Waals surface area contributed by atoms with Crippen molar-refractivity contribution in [3.63, 3.8) is 0 Å². The lowest BCUT2D eigenvalue weighted by Gasteiger charge is -1.88. The smallest absolute Gasteiger partial charge is 0.357 e. The summed E-state index contributed by atoms with van der Waals surface area (Å²) in [5, 5.41) is 16.7. The van der Waals surface area contributed by atoms with E-state index in [-0.39, 0.29) is 0 Å². The fourth-order valence-electron chi connectivity index (χ4n) is 0.619. The van der Waals surface area contributed by atoms with Crippen LogP contribution in [-0.2, 0) is 0 Å². The summed E-state index contributed by atoms with van der Waals surface area (Å²) in [7, 11) is 0. The van der Waals surface area contributed by atoms with Crippen LogP contribution in [0.5, 0.6) is 0 Å². The predicted molar refractivity (Wildman–Crippen MR) is 55.0 cm³/mol. The van der Waals surface area contributed by atoms with Crippen LogP contribution < -0.4 is 5.73 Å². The second-order valence-corrected chi connectivity index (χ2v) is 2.99. The van der Waals surface area contributed by atoms with E-state index in [9.17, 15) is 9.59 Å². The zero-order valence-electron chi connectivity index (χ0n) is 7.72. The number of carbonyl (C=O) groups is 2. The minimum absolute atomic E-state index is 0.405. The molecule has 0 spiro atoms. The molecule has 8 heteroatoms. The number of H-pyrrole nitrogens is 1. The van der Waals surface area contributed by atoms with Crippen LogP contribution in [-0.4, -0.2) is 37.1 Å². The maximum absolute atomic E-state index is 10.3. The molecule has 0 saturated heterocycles. The second kappa shape index (κ2) is 5.70. The molecule has 0 aliphatic carbocycles. The van der Waals surface area contributed by atoms with Gasteiger partial charge in [0.2, 0.25) is 0 Å². The third kappa shape index (κ3) is 4.72. The van der Waals surface area contributed by atoms with Crippen molar-refractivity contribution in [3.05, 3.63) is 17.7 Å². The van der Waals surface area contributed by atoms with E-state index < -0.39 is 23.3 Å². The highest BCUT2D eigenvalue weighted by Crippen LogP contribution is 2.01. The lowest BCUT2D eigenvalue weighted by molar-refractivity contribution is 0.0644. The number of nitrogens with one attached hydrogen (secondary N) is 1. The number of imidazole rings is 1. The van der Waals surface area contributed by atoms with Gasteiger partial charge in [0.1, 0.15) is 0 Å². The van der Waals surface area contributed by atoms with Gasteiger partial charge in [-0.05, 0) is 6.92 Å². The molecule has 1 heterocycles. The van der Waals surface area contributed by atoms with Crippen LogP contribution in [0.3, 0.4) is 0 Å². The predicted octanol–water partition coefficient (Wildman–Crippen LogP) is 0.0985. The Kier molecular flexibility index (Phi) is 4.96. The highest BCUT2D eigenvalue weighted by molar-refractivity contribution is 7.80. The third-order valence-electron chi connectivity index (χ3n) is 1.06. The quantitative estimate of drug-likeness (QED) is 0.531. The molecule has 1 aromatic rings. The van der Waals surface area contributed by atoms with E-state index in [2.05, 4.69) is 22.2 Å². The molecular formula is C7H9N3O4S. The lowest BCUT2D eigenvalue weighted by Crippen LogP contribution is -2.07. The summed E-state index contributed by atoms with van der Waals surface area (Å²) in [6.45, 7) is 1.68. The van der Waals surface area contributed by atoms with Crippen molar-refractivity contribution in [1.82, 2.24) is 9.97 Å². The van der Waals surface area contributed by atoms with E-state index in [1.54, 1.807) is 6.92 Å². The summed E-state index contributed by atoms with van der Waals surface area (Å²) in [4.78, 5) is 26.5. The average Bonchev–Trinajstić information content (AvgIpc) is 2.49. The maximum Gasteiger partial charge on any atom is 0.357 e. The van der Waals surface area contributed by atoms with Crippen LogP contribution in [0, 0.1) is 0 Å². The number of nitrogens with two attached hydrogens (primary N) is 1. The number of rotatable bonds is 2. The zero-order chi connectivity index (χ0) is 12.0. The van der Waals surface area contributed by atoms with E-state index in [0.29, 0.717) is 4.99 Å². The molecule has 15 heavy (non-hydrogen) atoms. The molecule has 7 nitrogen and oxygen atoms in total. The Morgan fingerprint density at radius 3 is 2.20 bits per heavy atom. The number of hydrogen-bond donors (Lipinski definition) is 4. The van der Waals surface area contributed by atoms with Crippen LogP contribution in [0.2, 0.25) is 0 Å². The summed E-state index contributed by atoms with van der Waals surface area (Å²) >= 11 is 4.31. The van der Waals surface area contributed by atoms with E-state index >= 15 is 0 Å². The topological polar surface area (TPSA) is 129 Å². The fourth-order valence-corrected chi connectivity index (χ4v) is 0.619. The van der Waals surface area contributed by atoms with E-state index in [1.165, 1.54) is 0 Å². The Morgan fingerprint density at radius 2 is 1.93 bits per heavy atom. The van der Waals surface area contributed by atoms with Crippen LogP contribution in [0.15, 0.2) is 6.33 Å². The second-order valence-electron chi connectivity index (χ2n) is 2.35. The Labute approximate surface area is 89.9 Å². The van der Waals surface area contributed by atoms with Gasteiger partial charge in [-0.3, -0.25) is 0 Å². The van der Waals surface area contributed by atoms with Crippen molar-refractivity contribution in [2.75, 3.05) is 0 Å². The summed E-state index contributed by atoms with van der Waals surface area (Å²) < 4.78 is 0. The number of nitrogens with zero attached hydrogens (tertiary/aromatic N) is 1. The lowest BCUT2D eigenvalue weighted by atomic mass is 10.3. The highest BCUT2D eigenvalue weighted by atomic mass is 32.1. The van der Waals surface area contributed by atoms with Gasteiger partial charge in [0.25, 0.3) is 0 Å². The standard InChI is InChI=1S/C5H4N2O4.C2H5NS/c8-4(9)2-3(5(10)11)7-1-6-2;1-2(3)4/h1H,(H,6,7)(H,8,9)(H,10,11);1H3,(H2,3,4). The normalized spacial score (nSPS) is 8.60. The average molecular weight is 231 g/mol. The van der Waals surface area contributed by atoms with Crippen molar-refractivity contribution in [2.45, 2.75) is 6.92 Å². The minimum atomic E-state index is -1.36. The molecule has 1 aromatic heterocycles. The van der Waals surface area contributed by atoms with Gasteiger partial charge < -0.3 is 20.9 Å². The maximum atomic E-state index is 10.3. The van der Waals surface area contributed by atoms with E-state index in [0.717, 1.165) is 6.33 Å². The summed E-state index contributed by atoms with van der Waals surface area (Å²) in [5.41, 5.74) is 3.96. The molecule has 0 bridgehead atoms. The number of aromatic nitrogens is 2. The van der Waals surface area contributed by atoms with Gasteiger partial charge in [-0.15, -0.1) is 0 Å². The molecule has 82 valence electrons. The van der Waals surface area contributed by atoms with Gasteiger partial charge in [-0.1, -0.05) is 12.2 Å². The molecule has 0 amide bonds. The Morgan fingerprint density at radius 1 is 1.47 bits per heavy atom. The first kappa shape index (κ1) is 13.0. The fraction of sp³-hybridized carbons (Fsp3) is 0.143. The number of hydrogen-bond acceptors (Lipinski definition) is 4. The molecule has 0 atom stereocenters. The molecule has 0 unspecified atom stereocenters. The first-order valence-electron chi connectivity index (χ1n) is 3.62. The number of thiocarbonyl (C=S) groups is 1. The van der Waals surface area contributed by atoms with Crippen LogP contribution in [0.25, 0.3) is 0 Å². The molecule has 0 aliphatic heterocycles. The van der Waals surface area contributed by atoms with Crippen molar-refractivity contribution in [1.29, 1.82) is 0 Å².